The molecule has 0 aromatic heterocycles. The van der Waals surface area contributed by atoms with E-state index in [9.17, 15) is 4.79 Å². The molecule has 2 bridgehead atoms. The van der Waals surface area contributed by atoms with Crippen LogP contribution in [-0.4, -0.2) is 25.2 Å². The van der Waals surface area contributed by atoms with E-state index >= 15 is 0 Å². The van der Waals surface area contributed by atoms with E-state index in [-0.39, 0.29) is 17.5 Å². The van der Waals surface area contributed by atoms with Crippen LogP contribution in [0, 0.1) is 16.7 Å². The number of ether oxygens (including phenoxy) is 1. The van der Waals surface area contributed by atoms with Gasteiger partial charge in [0.15, 0.2) is 6.54 Å². The molecule has 3 atom stereocenters. The first-order valence-corrected chi connectivity index (χ1v) is 7.43. The Balaban J connectivity index is 1.90. The molecule has 2 rings (SSSR count). The molecule has 104 valence electrons. The minimum Gasteiger partial charge on any atom is -0.458 e. The maximum absolute atomic E-state index is 11.8. The van der Waals surface area contributed by atoms with Crippen molar-refractivity contribution in [2.45, 2.75) is 59.5 Å². The fourth-order valence-electron chi connectivity index (χ4n) is 3.94. The number of quaternary nitrogens is 1. The summed E-state index contributed by atoms with van der Waals surface area (Å²) in [4.78, 5) is 11.8. The van der Waals surface area contributed by atoms with Crippen molar-refractivity contribution in [3.05, 3.63) is 0 Å². The van der Waals surface area contributed by atoms with E-state index in [0.717, 1.165) is 25.3 Å². The molecular formula is C15H28NO2+. The molecule has 0 radical (unpaired) electrons. The van der Waals surface area contributed by atoms with E-state index < -0.39 is 0 Å². The lowest BCUT2D eigenvalue weighted by atomic mass is 9.70. The van der Waals surface area contributed by atoms with Gasteiger partial charge >= 0.3 is 5.97 Å². The molecule has 3 nitrogen and oxygen atoms in total. The van der Waals surface area contributed by atoms with E-state index in [1.165, 1.54) is 12.8 Å². The van der Waals surface area contributed by atoms with Gasteiger partial charge in [0.2, 0.25) is 0 Å². The van der Waals surface area contributed by atoms with E-state index in [4.69, 9.17) is 4.74 Å². The van der Waals surface area contributed by atoms with Crippen molar-refractivity contribution in [1.82, 2.24) is 0 Å². The van der Waals surface area contributed by atoms with Crippen LogP contribution in [0.3, 0.4) is 0 Å². The fraction of sp³-hybridized carbons (Fsp3) is 0.933. The van der Waals surface area contributed by atoms with Gasteiger partial charge in [0.1, 0.15) is 6.10 Å². The maximum Gasteiger partial charge on any atom is 0.361 e. The fourth-order valence-corrected chi connectivity index (χ4v) is 3.94. The molecule has 2 saturated carbocycles. The first-order valence-electron chi connectivity index (χ1n) is 7.43. The molecule has 2 aliphatic rings. The SMILES string of the molecule is CCC[NH2+]CC(=O)O[C@@H]1C[C@H]2CC[C@@]1(C)C2(C)C. The zero-order valence-corrected chi connectivity index (χ0v) is 12.3. The molecule has 2 N–H and O–H groups in total. The Labute approximate surface area is 111 Å². The van der Waals surface area contributed by atoms with Gasteiger partial charge in [-0.05, 0) is 37.0 Å². The molecular weight excluding hydrogens is 226 g/mol. The molecule has 0 aliphatic heterocycles. The third kappa shape index (κ3) is 2.07. The number of esters is 1. The highest BCUT2D eigenvalue weighted by atomic mass is 16.5. The van der Waals surface area contributed by atoms with Crippen LogP contribution in [-0.2, 0) is 9.53 Å². The van der Waals surface area contributed by atoms with Crippen LogP contribution in [0.4, 0.5) is 0 Å². The van der Waals surface area contributed by atoms with E-state index in [0.29, 0.717) is 12.0 Å². The summed E-state index contributed by atoms with van der Waals surface area (Å²) in [5.41, 5.74) is 0.517. The van der Waals surface area contributed by atoms with Crippen molar-refractivity contribution in [3.8, 4) is 0 Å². The Morgan fingerprint density at radius 1 is 1.39 bits per heavy atom. The van der Waals surface area contributed by atoms with Crippen LogP contribution in [0.1, 0.15) is 53.4 Å². The second-order valence-electron chi connectivity index (χ2n) is 6.87. The molecule has 0 aromatic rings. The maximum atomic E-state index is 11.8. The predicted octanol–water partition coefficient (Wildman–Crippen LogP) is 1.72. The van der Waals surface area contributed by atoms with Crippen molar-refractivity contribution in [2.75, 3.05) is 13.1 Å². The Hall–Kier alpha value is -0.570. The molecule has 3 heteroatoms. The molecule has 18 heavy (non-hydrogen) atoms. The average Bonchev–Trinajstić information content (AvgIpc) is 2.62. The monoisotopic (exact) mass is 254 g/mol. The standard InChI is InChI=1S/C15H27NO2/c1-5-8-16-10-13(17)18-12-9-11-6-7-15(12,4)14(11,2)3/h11-12,16H,5-10H2,1-4H3/p+1/t11-,12-,15-/m1/s1. The quantitative estimate of drug-likeness (QED) is 0.599. The number of fused-ring (bicyclic) bond motifs is 2. The van der Waals surface area contributed by atoms with Gasteiger partial charge in [-0.3, -0.25) is 0 Å². The van der Waals surface area contributed by atoms with Crippen LogP contribution in [0.5, 0.6) is 0 Å². The summed E-state index contributed by atoms with van der Waals surface area (Å²) >= 11 is 0. The minimum atomic E-state index is -0.0296. The van der Waals surface area contributed by atoms with Crippen molar-refractivity contribution in [2.24, 2.45) is 16.7 Å². The van der Waals surface area contributed by atoms with Gasteiger partial charge in [-0.15, -0.1) is 0 Å². The molecule has 0 amide bonds. The molecule has 2 fully saturated rings. The smallest absolute Gasteiger partial charge is 0.361 e. The van der Waals surface area contributed by atoms with Crippen LogP contribution < -0.4 is 5.32 Å². The summed E-state index contributed by atoms with van der Waals surface area (Å²) in [5, 5.41) is 2.04. The third-order valence-corrected chi connectivity index (χ3v) is 5.79. The number of carbonyl (C=O) groups excluding carboxylic acids is 1. The van der Waals surface area contributed by atoms with Crippen LogP contribution in [0.2, 0.25) is 0 Å². The number of hydrogen-bond donors (Lipinski definition) is 1. The van der Waals surface area contributed by atoms with Gasteiger partial charge in [0.05, 0.1) is 6.54 Å². The highest BCUT2D eigenvalue weighted by Crippen LogP contribution is 2.66. The molecule has 0 unspecified atom stereocenters. The lowest BCUT2D eigenvalue weighted by Crippen LogP contribution is -2.86. The minimum absolute atomic E-state index is 0.0296. The van der Waals surface area contributed by atoms with E-state index in [1.807, 2.05) is 5.32 Å². The number of rotatable bonds is 5. The Kier molecular flexibility index (Phi) is 3.72. The van der Waals surface area contributed by atoms with Gasteiger partial charge in [0.25, 0.3) is 0 Å². The largest absolute Gasteiger partial charge is 0.458 e. The van der Waals surface area contributed by atoms with Crippen LogP contribution in [0.15, 0.2) is 0 Å². The predicted molar refractivity (Wildman–Crippen MR) is 71.1 cm³/mol. The van der Waals surface area contributed by atoms with E-state index in [1.54, 1.807) is 0 Å². The Morgan fingerprint density at radius 2 is 2.11 bits per heavy atom. The topological polar surface area (TPSA) is 42.9 Å². The highest BCUT2D eigenvalue weighted by Gasteiger charge is 2.62. The molecule has 0 spiro atoms. The van der Waals surface area contributed by atoms with Gasteiger partial charge in [0, 0.05) is 5.41 Å². The highest BCUT2D eigenvalue weighted by molar-refractivity contribution is 5.70. The second kappa shape index (κ2) is 4.84. The summed E-state index contributed by atoms with van der Waals surface area (Å²) in [5.74, 6) is 0.706. The molecule has 0 aromatic carbocycles. The first kappa shape index (κ1) is 13.9. The van der Waals surface area contributed by atoms with Crippen LogP contribution >= 0.6 is 0 Å². The molecule has 0 saturated heterocycles. The first-order chi connectivity index (χ1) is 8.41. The van der Waals surface area contributed by atoms with Crippen molar-refractivity contribution >= 4 is 5.97 Å². The van der Waals surface area contributed by atoms with Gasteiger partial charge in [-0.1, -0.05) is 27.7 Å². The number of nitrogens with two attached hydrogens (primary N) is 1. The van der Waals surface area contributed by atoms with Gasteiger partial charge in [-0.2, -0.15) is 0 Å². The van der Waals surface area contributed by atoms with Crippen LogP contribution in [0.25, 0.3) is 0 Å². The zero-order valence-electron chi connectivity index (χ0n) is 12.3. The summed E-state index contributed by atoms with van der Waals surface area (Å²) in [7, 11) is 0. The van der Waals surface area contributed by atoms with Crippen molar-refractivity contribution in [1.29, 1.82) is 0 Å². The van der Waals surface area contributed by atoms with Gasteiger partial charge < -0.3 is 10.1 Å². The van der Waals surface area contributed by atoms with Crippen molar-refractivity contribution in [3.63, 3.8) is 0 Å². The van der Waals surface area contributed by atoms with E-state index in [2.05, 4.69) is 27.7 Å². The zero-order chi connectivity index (χ0) is 13.4. The second-order valence-corrected chi connectivity index (χ2v) is 6.87. The summed E-state index contributed by atoms with van der Waals surface area (Å²) in [6.45, 7) is 10.6. The van der Waals surface area contributed by atoms with Crippen molar-refractivity contribution < 1.29 is 14.8 Å². The Bertz CT molecular complexity index is 326. The normalized spacial score (nSPS) is 36.9. The molecule has 0 heterocycles. The molecule has 2 aliphatic carbocycles. The lowest BCUT2D eigenvalue weighted by Gasteiger charge is -2.38. The average molecular weight is 254 g/mol. The third-order valence-electron chi connectivity index (χ3n) is 5.79. The lowest BCUT2D eigenvalue weighted by molar-refractivity contribution is -0.645. The summed E-state index contributed by atoms with van der Waals surface area (Å²) in [6, 6.07) is 0. The Morgan fingerprint density at radius 3 is 2.61 bits per heavy atom. The number of hydrogen-bond acceptors (Lipinski definition) is 2. The summed E-state index contributed by atoms with van der Waals surface area (Å²) in [6.07, 6.45) is 4.83. The summed E-state index contributed by atoms with van der Waals surface area (Å²) < 4.78 is 5.76. The van der Waals surface area contributed by atoms with Gasteiger partial charge in [-0.25, -0.2) is 4.79 Å². The number of carbonyl (C=O) groups is 1.